The Morgan fingerprint density at radius 2 is 2.25 bits per heavy atom. The number of hydrogen-bond donors (Lipinski definition) is 1. The summed E-state index contributed by atoms with van der Waals surface area (Å²) >= 11 is 2.15. The van der Waals surface area contributed by atoms with E-state index in [1.165, 1.54) is 0 Å². The van der Waals surface area contributed by atoms with Crippen molar-refractivity contribution in [2.75, 3.05) is 23.7 Å². The van der Waals surface area contributed by atoms with Crippen LogP contribution in [0.4, 0.5) is 18.3 Å². The van der Waals surface area contributed by atoms with Gasteiger partial charge in [-0.05, 0) is 12.8 Å². The van der Waals surface area contributed by atoms with Crippen LogP contribution >= 0.6 is 23.1 Å². The number of aliphatic carboxylic acids is 1. The van der Waals surface area contributed by atoms with Gasteiger partial charge < -0.3 is 10.0 Å². The predicted molar refractivity (Wildman–Crippen MR) is 69.3 cm³/mol. The molecule has 0 bridgehead atoms. The van der Waals surface area contributed by atoms with Crippen molar-refractivity contribution in [2.24, 2.45) is 5.92 Å². The zero-order valence-corrected chi connectivity index (χ0v) is 11.9. The van der Waals surface area contributed by atoms with E-state index in [0.29, 0.717) is 22.4 Å². The summed E-state index contributed by atoms with van der Waals surface area (Å²) in [6, 6.07) is 0. The van der Waals surface area contributed by atoms with E-state index in [0.717, 1.165) is 23.1 Å². The van der Waals surface area contributed by atoms with Crippen molar-refractivity contribution in [3.8, 4) is 0 Å². The molecule has 1 atom stereocenters. The number of alkyl halides is 3. The second-order valence-electron chi connectivity index (χ2n) is 4.36. The lowest BCUT2D eigenvalue weighted by molar-refractivity contribution is -0.176. The molecule has 2 rings (SSSR count). The summed E-state index contributed by atoms with van der Waals surface area (Å²) < 4.78 is 38.6. The Kier molecular flexibility index (Phi) is 4.74. The Hall–Kier alpha value is -1.03. The maximum absolute atomic E-state index is 12.7. The number of carboxylic acid groups (broad SMARTS) is 1. The molecule has 10 heteroatoms. The SMILES string of the molecule is O=C(O)CSc1nnc(N2CCCC(C(F)(F)F)C2)s1. The first-order valence-corrected chi connectivity index (χ1v) is 7.66. The summed E-state index contributed by atoms with van der Waals surface area (Å²) in [5.74, 6) is -2.45. The molecule has 0 amide bonds. The van der Waals surface area contributed by atoms with E-state index in [-0.39, 0.29) is 18.7 Å². The van der Waals surface area contributed by atoms with Gasteiger partial charge in [0.25, 0.3) is 0 Å². The van der Waals surface area contributed by atoms with Gasteiger partial charge >= 0.3 is 12.1 Å². The molecular weight excluding hydrogens is 315 g/mol. The third-order valence-corrected chi connectivity index (χ3v) is 4.97. The van der Waals surface area contributed by atoms with Gasteiger partial charge in [-0.2, -0.15) is 13.2 Å². The molecule has 0 aromatic carbocycles. The Morgan fingerprint density at radius 3 is 2.90 bits per heavy atom. The highest BCUT2D eigenvalue weighted by Gasteiger charge is 2.42. The number of hydrogen-bond acceptors (Lipinski definition) is 6. The molecule has 1 saturated heterocycles. The molecule has 112 valence electrons. The van der Waals surface area contributed by atoms with Crippen LogP contribution in [0, 0.1) is 5.92 Å². The van der Waals surface area contributed by atoms with E-state index in [4.69, 9.17) is 5.11 Å². The van der Waals surface area contributed by atoms with Crippen molar-refractivity contribution in [1.82, 2.24) is 10.2 Å². The maximum Gasteiger partial charge on any atom is 0.393 e. The van der Waals surface area contributed by atoms with Gasteiger partial charge in [-0.1, -0.05) is 23.1 Å². The Morgan fingerprint density at radius 1 is 1.50 bits per heavy atom. The van der Waals surface area contributed by atoms with Crippen molar-refractivity contribution < 1.29 is 23.1 Å². The zero-order valence-electron chi connectivity index (χ0n) is 10.3. The smallest absolute Gasteiger partial charge is 0.393 e. The summed E-state index contributed by atoms with van der Waals surface area (Å²) in [6.45, 7) is 0.409. The van der Waals surface area contributed by atoms with Crippen LogP contribution in [0.3, 0.4) is 0 Å². The molecule has 1 aromatic heterocycles. The quantitative estimate of drug-likeness (QED) is 0.857. The molecule has 5 nitrogen and oxygen atoms in total. The number of rotatable bonds is 4. The highest BCUT2D eigenvalue weighted by atomic mass is 32.2. The van der Waals surface area contributed by atoms with Crippen LogP contribution in [-0.4, -0.2) is 46.3 Å². The molecule has 1 aliphatic heterocycles. The number of piperidine rings is 1. The lowest BCUT2D eigenvalue weighted by Crippen LogP contribution is -2.41. The summed E-state index contributed by atoms with van der Waals surface area (Å²) in [5.41, 5.74) is 0. The number of nitrogens with zero attached hydrogens (tertiary/aromatic N) is 3. The van der Waals surface area contributed by atoms with Gasteiger partial charge in [0.1, 0.15) is 0 Å². The van der Waals surface area contributed by atoms with Crippen LogP contribution in [0.25, 0.3) is 0 Å². The summed E-state index contributed by atoms with van der Waals surface area (Å²) in [6.07, 6.45) is -3.59. The van der Waals surface area contributed by atoms with Crippen molar-refractivity contribution in [1.29, 1.82) is 0 Å². The van der Waals surface area contributed by atoms with Crippen molar-refractivity contribution in [2.45, 2.75) is 23.4 Å². The average Bonchev–Trinajstić information content (AvgIpc) is 2.84. The molecule has 1 aromatic rings. The number of anilines is 1. The predicted octanol–water partition coefficient (Wildman–Crippen LogP) is 2.49. The van der Waals surface area contributed by atoms with E-state index < -0.39 is 18.1 Å². The lowest BCUT2D eigenvalue weighted by Gasteiger charge is -2.33. The topological polar surface area (TPSA) is 66.3 Å². The number of carbonyl (C=O) groups is 1. The van der Waals surface area contributed by atoms with Crippen molar-refractivity contribution in [3.05, 3.63) is 0 Å². The van der Waals surface area contributed by atoms with Crippen LogP contribution in [-0.2, 0) is 4.79 Å². The first kappa shape index (κ1) is 15.4. The number of thioether (sulfide) groups is 1. The van der Waals surface area contributed by atoms with Gasteiger partial charge in [0.2, 0.25) is 5.13 Å². The van der Waals surface area contributed by atoms with Crippen LogP contribution in [0.2, 0.25) is 0 Å². The van der Waals surface area contributed by atoms with Crippen LogP contribution in [0.15, 0.2) is 4.34 Å². The van der Waals surface area contributed by atoms with Gasteiger partial charge in [0.15, 0.2) is 4.34 Å². The molecule has 2 heterocycles. The summed E-state index contributed by atoms with van der Waals surface area (Å²) in [4.78, 5) is 12.0. The Bertz CT molecular complexity index is 481. The lowest BCUT2D eigenvalue weighted by atomic mass is 9.98. The molecule has 20 heavy (non-hydrogen) atoms. The summed E-state index contributed by atoms with van der Waals surface area (Å²) in [7, 11) is 0. The molecule has 0 spiro atoms. The fourth-order valence-corrected chi connectivity index (χ4v) is 3.53. The molecular formula is C10H12F3N3O2S2. The highest BCUT2D eigenvalue weighted by Crippen LogP contribution is 2.36. The van der Waals surface area contributed by atoms with Gasteiger partial charge in [0.05, 0.1) is 11.7 Å². The highest BCUT2D eigenvalue weighted by molar-refractivity contribution is 8.01. The van der Waals surface area contributed by atoms with Gasteiger partial charge in [-0.3, -0.25) is 4.79 Å². The second kappa shape index (κ2) is 6.17. The summed E-state index contributed by atoms with van der Waals surface area (Å²) in [5, 5.41) is 16.6. The number of halogens is 3. The van der Waals surface area contributed by atoms with Crippen molar-refractivity contribution in [3.63, 3.8) is 0 Å². The maximum atomic E-state index is 12.7. The second-order valence-corrected chi connectivity index (χ2v) is 6.54. The Labute approximate surface area is 121 Å². The molecule has 1 N–H and O–H groups in total. The Balaban J connectivity index is 1.99. The molecule has 0 saturated carbocycles. The fraction of sp³-hybridized carbons (Fsp3) is 0.700. The first-order valence-electron chi connectivity index (χ1n) is 5.86. The van der Waals surface area contributed by atoms with E-state index >= 15 is 0 Å². The molecule has 0 radical (unpaired) electrons. The first-order chi connectivity index (χ1) is 9.36. The number of aromatic nitrogens is 2. The molecule has 1 aliphatic rings. The molecule has 1 fully saturated rings. The van der Waals surface area contributed by atoms with E-state index in [9.17, 15) is 18.0 Å². The van der Waals surface area contributed by atoms with Crippen LogP contribution in [0.1, 0.15) is 12.8 Å². The molecule has 0 aliphatic carbocycles. The van der Waals surface area contributed by atoms with Crippen molar-refractivity contribution >= 4 is 34.2 Å². The van der Waals surface area contributed by atoms with Crippen LogP contribution < -0.4 is 4.90 Å². The van der Waals surface area contributed by atoms with Crippen LogP contribution in [0.5, 0.6) is 0 Å². The van der Waals surface area contributed by atoms with Gasteiger partial charge in [-0.15, -0.1) is 10.2 Å². The van der Waals surface area contributed by atoms with Gasteiger partial charge in [-0.25, -0.2) is 0 Å². The minimum Gasteiger partial charge on any atom is -0.481 e. The van der Waals surface area contributed by atoms with E-state index in [1.54, 1.807) is 4.90 Å². The van der Waals surface area contributed by atoms with E-state index in [1.807, 2.05) is 0 Å². The third-order valence-electron chi connectivity index (χ3n) is 2.87. The number of carboxylic acids is 1. The molecule has 1 unspecified atom stereocenters. The van der Waals surface area contributed by atoms with Gasteiger partial charge in [0, 0.05) is 13.1 Å². The monoisotopic (exact) mass is 327 g/mol. The zero-order chi connectivity index (χ0) is 14.8. The fourth-order valence-electron chi connectivity index (χ4n) is 1.93. The average molecular weight is 327 g/mol. The van der Waals surface area contributed by atoms with E-state index in [2.05, 4.69) is 10.2 Å². The third kappa shape index (κ3) is 3.98. The largest absolute Gasteiger partial charge is 0.481 e. The minimum absolute atomic E-state index is 0.109. The standard InChI is InChI=1S/C10H12F3N3O2S2/c11-10(12,13)6-2-1-3-16(4-6)8-14-15-9(20-8)19-5-7(17)18/h6H,1-5H2,(H,17,18). The minimum atomic E-state index is -4.19. The normalized spacial score (nSPS) is 20.1.